The van der Waals surface area contributed by atoms with Gasteiger partial charge >= 0.3 is 0 Å². The second kappa shape index (κ2) is 7.37. The molecule has 0 aliphatic heterocycles. The van der Waals surface area contributed by atoms with Gasteiger partial charge in [0.15, 0.2) is 0 Å². The third kappa shape index (κ3) is 3.92. The molecule has 21 heavy (non-hydrogen) atoms. The number of nitrogens with zero attached hydrogens (tertiary/aromatic N) is 2. The zero-order valence-electron chi connectivity index (χ0n) is 12.5. The molecule has 8 heteroatoms. The summed E-state index contributed by atoms with van der Waals surface area (Å²) in [6.45, 7) is 6.68. The van der Waals surface area contributed by atoms with Crippen molar-refractivity contribution in [1.82, 2.24) is 4.31 Å². The van der Waals surface area contributed by atoms with E-state index in [9.17, 15) is 18.5 Å². The van der Waals surface area contributed by atoms with Gasteiger partial charge in [0.05, 0.1) is 9.82 Å². The van der Waals surface area contributed by atoms with Crippen molar-refractivity contribution < 1.29 is 13.3 Å². The van der Waals surface area contributed by atoms with Crippen LogP contribution in [0.1, 0.15) is 27.2 Å². The Bertz CT molecular complexity index is 601. The lowest BCUT2D eigenvalue weighted by atomic mass is 10.2. The number of nitrogens with one attached hydrogen (secondary N) is 1. The quantitative estimate of drug-likeness (QED) is 0.587. The van der Waals surface area contributed by atoms with Crippen LogP contribution in [-0.2, 0) is 10.0 Å². The lowest BCUT2D eigenvalue weighted by Crippen LogP contribution is -2.31. The van der Waals surface area contributed by atoms with Crippen LogP contribution in [0.4, 0.5) is 11.4 Å². The van der Waals surface area contributed by atoms with Gasteiger partial charge in [-0.05, 0) is 25.5 Å². The second-order valence-corrected chi connectivity index (χ2v) is 6.40. The van der Waals surface area contributed by atoms with Crippen LogP contribution < -0.4 is 5.32 Å². The zero-order chi connectivity index (χ0) is 16.0. The van der Waals surface area contributed by atoms with Crippen molar-refractivity contribution in [3.8, 4) is 0 Å². The van der Waals surface area contributed by atoms with Gasteiger partial charge in [0, 0.05) is 25.7 Å². The molecule has 0 amide bonds. The molecular weight excluding hydrogens is 294 g/mol. The Morgan fingerprint density at radius 3 is 2.43 bits per heavy atom. The van der Waals surface area contributed by atoms with Crippen molar-refractivity contribution in [3.63, 3.8) is 0 Å². The number of hydrogen-bond acceptors (Lipinski definition) is 5. The van der Waals surface area contributed by atoms with Gasteiger partial charge < -0.3 is 5.32 Å². The number of nitro benzene ring substituents is 1. The number of benzene rings is 1. The zero-order valence-corrected chi connectivity index (χ0v) is 13.3. The van der Waals surface area contributed by atoms with E-state index in [2.05, 4.69) is 5.32 Å². The molecule has 1 rings (SSSR count). The maximum atomic E-state index is 12.5. The Labute approximate surface area is 125 Å². The largest absolute Gasteiger partial charge is 0.380 e. The summed E-state index contributed by atoms with van der Waals surface area (Å²) in [5.74, 6) is 0. The average molecular weight is 315 g/mol. The number of anilines is 1. The van der Waals surface area contributed by atoms with Crippen LogP contribution in [0.2, 0.25) is 0 Å². The third-order valence-corrected chi connectivity index (χ3v) is 4.97. The fourth-order valence-electron chi connectivity index (χ4n) is 2.01. The highest BCUT2D eigenvalue weighted by Gasteiger charge is 2.25. The molecule has 0 saturated heterocycles. The molecule has 0 aliphatic carbocycles. The molecular formula is C13H21N3O4S. The molecule has 0 heterocycles. The molecule has 1 aromatic carbocycles. The molecule has 118 valence electrons. The molecule has 0 radical (unpaired) electrons. The third-order valence-electron chi connectivity index (χ3n) is 3.00. The van der Waals surface area contributed by atoms with E-state index in [-0.39, 0.29) is 10.6 Å². The van der Waals surface area contributed by atoms with Crippen LogP contribution in [0.15, 0.2) is 23.1 Å². The number of nitro groups is 1. The smallest absolute Gasteiger partial charge is 0.293 e. The molecule has 7 nitrogen and oxygen atoms in total. The monoisotopic (exact) mass is 315 g/mol. The predicted octanol–water partition coefficient (Wildman–Crippen LogP) is 2.45. The summed E-state index contributed by atoms with van der Waals surface area (Å²) in [6, 6.07) is 3.96. The highest BCUT2D eigenvalue weighted by atomic mass is 32.2. The average Bonchev–Trinajstić information content (AvgIpc) is 2.44. The molecule has 0 aromatic heterocycles. The van der Waals surface area contributed by atoms with E-state index in [1.165, 1.54) is 16.4 Å². The van der Waals surface area contributed by atoms with Crippen molar-refractivity contribution in [2.24, 2.45) is 0 Å². The normalized spacial score (nSPS) is 11.6. The van der Waals surface area contributed by atoms with E-state index in [0.29, 0.717) is 31.7 Å². The highest BCUT2D eigenvalue weighted by molar-refractivity contribution is 7.89. The van der Waals surface area contributed by atoms with Gasteiger partial charge in [-0.3, -0.25) is 10.1 Å². The van der Waals surface area contributed by atoms with Gasteiger partial charge in [-0.25, -0.2) is 8.42 Å². The summed E-state index contributed by atoms with van der Waals surface area (Å²) < 4.78 is 26.3. The first-order valence-electron chi connectivity index (χ1n) is 6.90. The summed E-state index contributed by atoms with van der Waals surface area (Å²) in [7, 11) is -3.70. The van der Waals surface area contributed by atoms with Crippen LogP contribution in [0.5, 0.6) is 0 Å². The number of hydrogen-bond donors (Lipinski definition) is 1. The van der Waals surface area contributed by atoms with Crippen molar-refractivity contribution in [3.05, 3.63) is 28.3 Å². The SMILES string of the molecule is CCCN(CC)S(=O)(=O)c1ccc(NCC)c([N+](=O)[O-])c1. The lowest BCUT2D eigenvalue weighted by Gasteiger charge is -2.19. The van der Waals surface area contributed by atoms with E-state index in [1.807, 2.05) is 13.8 Å². The second-order valence-electron chi connectivity index (χ2n) is 4.46. The molecule has 0 atom stereocenters. The topological polar surface area (TPSA) is 92.6 Å². The molecule has 1 N–H and O–H groups in total. The Morgan fingerprint density at radius 1 is 1.29 bits per heavy atom. The summed E-state index contributed by atoms with van der Waals surface area (Å²) in [5, 5.41) is 14.0. The van der Waals surface area contributed by atoms with E-state index in [4.69, 9.17) is 0 Å². The molecule has 0 spiro atoms. The summed E-state index contributed by atoms with van der Waals surface area (Å²) >= 11 is 0. The van der Waals surface area contributed by atoms with Crippen molar-refractivity contribution in [1.29, 1.82) is 0 Å². The van der Waals surface area contributed by atoms with Crippen LogP contribution in [-0.4, -0.2) is 37.3 Å². The molecule has 0 unspecified atom stereocenters. The van der Waals surface area contributed by atoms with Gasteiger partial charge in [-0.2, -0.15) is 4.31 Å². The predicted molar refractivity (Wildman–Crippen MR) is 82.0 cm³/mol. The summed E-state index contributed by atoms with van der Waals surface area (Å²) in [6.07, 6.45) is 0.685. The standard InChI is InChI=1S/C13H21N3O4S/c1-4-9-15(6-3)21(19,20)11-7-8-12(14-5-2)13(10-11)16(17)18/h7-8,10,14H,4-6,9H2,1-3H3. The summed E-state index contributed by atoms with van der Waals surface area (Å²) in [5.41, 5.74) is 0.0884. The molecule has 0 saturated carbocycles. The van der Waals surface area contributed by atoms with E-state index in [0.717, 1.165) is 6.07 Å². The number of sulfonamides is 1. The minimum absolute atomic E-state index is 0.0499. The van der Waals surface area contributed by atoms with Gasteiger partial charge in [-0.15, -0.1) is 0 Å². The minimum atomic E-state index is -3.70. The van der Waals surface area contributed by atoms with Crippen molar-refractivity contribution in [2.45, 2.75) is 32.1 Å². The first kappa shape index (κ1) is 17.4. The van der Waals surface area contributed by atoms with E-state index < -0.39 is 14.9 Å². The van der Waals surface area contributed by atoms with Crippen LogP contribution in [0.25, 0.3) is 0 Å². The first-order valence-corrected chi connectivity index (χ1v) is 8.34. The molecule has 1 aromatic rings. The number of rotatable bonds is 8. The summed E-state index contributed by atoms with van der Waals surface area (Å²) in [4.78, 5) is 10.5. The van der Waals surface area contributed by atoms with E-state index in [1.54, 1.807) is 6.92 Å². The lowest BCUT2D eigenvalue weighted by molar-refractivity contribution is -0.384. The van der Waals surface area contributed by atoms with Crippen LogP contribution in [0.3, 0.4) is 0 Å². The van der Waals surface area contributed by atoms with Gasteiger partial charge in [0.25, 0.3) is 5.69 Å². The first-order chi connectivity index (χ1) is 9.88. The molecule has 0 fully saturated rings. The molecule has 0 bridgehead atoms. The maximum absolute atomic E-state index is 12.5. The van der Waals surface area contributed by atoms with E-state index >= 15 is 0 Å². The highest BCUT2D eigenvalue weighted by Crippen LogP contribution is 2.28. The minimum Gasteiger partial charge on any atom is -0.380 e. The van der Waals surface area contributed by atoms with Crippen LogP contribution in [0, 0.1) is 10.1 Å². The van der Waals surface area contributed by atoms with Crippen molar-refractivity contribution >= 4 is 21.4 Å². The van der Waals surface area contributed by atoms with Gasteiger partial charge in [0.2, 0.25) is 10.0 Å². The van der Waals surface area contributed by atoms with Gasteiger partial charge in [-0.1, -0.05) is 13.8 Å². The van der Waals surface area contributed by atoms with Gasteiger partial charge in [0.1, 0.15) is 5.69 Å². The Balaban J connectivity index is 3.30. The fourth-order valence-corrected chi connectivity index (χ4v) is 3.57. The molecule has 0 aliphatic rings. The maximum Gasteiger partial charge on any atom is 0.293 e. The Morgan fingerprint density at radius 2 is 1.95 bits per heavy atom. The fraction of sp³-hybridized carbons (Fsp3) is 0.538. The Hall–Kier alpha value is -1.67. The van der Waals surface area contributed by atoms with Crippen LogP contribution >= 0.6 is 0 Å². The Kier molecular flexibility index (Phi) is 6.10. The van der Waals surface area contributed by atoms with Crippen molar-refractivity contribution in [2.75, 3.05) is 25.0 Å².